The Kier molecular flexibility index (Phi) is 8.03. The van der Waals surface area contributed by atoms with E-state index in [4.69, 9.17) is 26.8 Å². The van der Waals surface area contributed by atoms with Crippen LogP contribution < -0.4 is 10.6 Å². The Labute approximate surface area is 225 Å². The quantitative estimate of drug-likeness (QED) is 0.573. The highest BCUT2D eigenvalue weighted by Gasteiger charge is 2.43. The van der Waals surface area contributed by atoms with Crippen LogP contribution in [0.5, 0.6) is 0 Å². The monoisotopic (exact) mass is 534 g/mol. The minimum absolute atomic E-state index is 0.0360. The Morgan fingerprint density at radius 2 is 1.66 bits per heavy atom. The summed E-state index contributed by atoms with van der Waals surface area (Å²) in [6.45, 7) is 1.31. The second kappa shape index (κ2) is 11.4. The maximum atomic E-state index is 13.2. The number of ether oxygens (including phenoxy) is 2. The van der Waals surface area contributed by atoms with Gasteiger partial charge in [0.15, 0.2) is 0 Å². The number of halogens is 1. The highest BCUT2D eigenvalue weighted by Crippen LogP contribution is 2.43. The first-order valence-corrected chi connectivity index (χ1v) is 12.5. The molecule has 10 heteroatoms. The molecule has 38 heavy (non-hydrogen) atoms. The van der Waals surface area contributed by atoms with E-state index in [9.17, 15) is 19.6 Å². The van der Waals surface area contributed by atoms with Crippen LogP contribution in [0, 0.1) is 11.3 Å². The molecule has 2 aromatic carbocycles. The number of nitrogens with zero attached hydrogens (tertiary/aromatic N) is 3. The van der Waals surface area contributed by atoms with Crippen LogP contribution in [0.1, 0.15) is 41.1 Å². The second-order valence-electron chi connectivity index (χ2n) is 8.85. The van der Waals surface area contributed by atoms with Gasteiger partial charge < -0.3 is 20.1 Å². The number of hydrogen-bond acceptors (Lipinski definition) is 8. The number of rotatable bonds is 5. The molecule has 9 nitrogen and oxygen atoms in total. The average Bonchev–Trinajstić information content (AvgIpc) is 2.96. The van der Waals surface area contributed by atoms with Crippen molar-refractivity contribution in [1.82, 2.24) is 4.90 Å². The third-order valence-corrected chi connectivity index (χ3v) is 7.01. The summed E-state index contributed by atoms with van der Waals surface area (Å²) in [6.07, 6.45) is 2.94. The lowest BCUT2D eigenvalue weighted by molar-refractivity contribution is -0.139. The average molecular weight is 535 g/mol. The molecule has 0 saturated carbocycles. The van der Waals surface area contributed by atoms with E-state index in [0.717, 1.165) is 19.3 Å². The first-order valence-electron chi connectivity index (χ1n) is 12.1. The fraction of sp³-hybridized carbons (Fsp3) is 0.286. The van der Waals surface area contributed by atoms with Gasteiger partial charge in [0.05, 0.1) is 47.9 Å². The van der Waals surface area contributed by atoms with Crippen molar-refractivity contribution in [2.24, 2.45) is 5.73 Å². The number of methoxy groups -OCH3 is 2. The molecular weight excluding hydrogens is 508 g/mol. The normalized spacial score (nSPS) is 17.7. The predicted molar refractivity (Wildman–Crippen MR) is 141 cm³/mol. The molecule has 2 aliphatic heterocycles. The standard InChI is InChI=1S/C28H27ClN4O5/c1-37-27(35)23-22(17-9-5-3-6-10-17)20(16-30)25(31)33(24(23)28(36)38-2)18-11-12-19(21(29)15-18)26(34)32-13-7-4-8-14-32/h3,5-6,9-12,15,22H,4,7-8,13-14,31H2,1-2H3. The highest BCUT2D eigenvalue weighted by molar-refractivity contribution is 6.34. The Morgan fingerprint density at radius 1 is 1.00 bits per heavy atom. The molecule has 0 bridgehead atoms. The lowest BCUT2D eigenvalue weighted by Gasteiger charge is -2.36. The second-order valence-corrected chi connectivity index (χ2v) is 9.26. The van der Waals surface area contributed by atoms with E-state index in [0.29, 0.717) is 24.2 Å². The van der Waals surface area contributed by atoms with Gasteiger partial charge in [-0.2, -0.15) is 5.26 Å². The van der Waals surface area contributed by atoms with Crippen LogP contribution in [-0.4, -0.2) is 50.1 Å². The first-order chi connectivity index (χ1) is 18.3. The van der Waals surface area contributed by atoms with Gasteiger partial charge in [0, 0.05) is 18.8 Å². The summed E-state index contributed by atoms with van der Waals surface area (Å²) in [6, 6.07) is 15.4. The number of nitriles is 1. The van der Waals surface area contributed by atoms with Crippen LogP contribution in [0.2, 0.25) is 5.02 Å². The molecule has 2 heterocycles. The molecule has 1 saturated heterocycles. The molecule has 1 amide bonds. The fourth-order valence-corrected chi connectivity index (χ4v) is 5.12. The maximum absolute atomic E-state index is 13.2. The van der Waals surface area contributed by atoms with Crippen molar-refractivity contribution >= 4 is 35.1 Å². The summed E-state index contributed by atoms with van der Waals surface area (Å²) >= 11 is 6.57. The number of anilines is 1. The smallest absolute Gasteiger partial charge is 0.355 e. The highest BCUT2D eigenvalue weighted by atomic mass is 35.5. The molecule has 0 spiro atoms. The number of nitrogens with two attached hydrogens (primary N) is 1. The molecule has 2 aliphatic rings. The van der Waals surface area contributed by atoms with Gasteiger partial charge in [-0.15, -0.1) is 0 Å². The molecule has 0 radical (unpaired) electrons. The van der Waals surface area contributed by atoms with Gasteiger partial charge in [0.1, 0.15) is 11.5 Å². The van der Waals surface area contributed by atoms with Crippen molar-refractivity contribution in [3.63, 3.8) is 0 Å². The Hall–Kier alpha value is -4.29. The number of benzene rings is 2. The topological polar surface area (TPSA) is 126 Å². The van der Waals surface area contributed by atoms with Crippen molar-refractivity contribution in [2.75, 3.05) is 32.2 Å². The SMILES string of the molecule is COC(=O)C1=C(C(=O)OC)N(c2ccc(C(=O)N3CCCCC3)c(Cl)c2)C(N)=C(C#N)C1c1ccccc1. The van der Waals surface area contributed by atoms with Gasteiger partial charge in [0.2, 0.25) is 0 Å². The lowest BCUT2D eigenvalue weighted by atomic mass is 9.81. The molecule has 196 valence electrons. The third kappa shape index (κ3) is 4.83. The Morgan fingerprint density at radius 3 is 2.24 bits per heavy atom. The minimum Gasteiger partial charge on any atom is -0.466 e. The van der Waals surface area contributed by atoms with Crippen molar-refractivity contribution in [3.8, 4) is 6.07 Å². The van der Waals surface area contributed by atoms with E-state index < -0.39 is 17.9 Å². The molecule has 4 rings (SSSR count). The third-order valence-electron chi connectivity index (χ3n) is 6.69. The summed E-state index contributed by atoms with van der Waals surface area (Å²) in [5, 5.41) is 10.3. The van der Waals surface area contributed by atoms with Gasteiger partial charge in [0.25, 0.3) is 5.91 Å². The number of likely N-dealkylation sites (tertiary alicyclic amines) is 1. The summed E-state index contributed by atoms with van der Waals surface area (Å²) in [5.74, 6) is -2.94. The van der Waals surface area contributed by atoms with Gasteiger partial charge in [-0.3, -0.25) is 9.69 Å². The van der Waals surface area contributed by atoms with E-state index >= 15 is 0 Å². The Bertz CT molecular complexity index is 1370. The van der Waals surface area contributed by atoms with Crippen LogP contribution in [0.4, 0.5) is 5.69 Å². The lowest BCUT2D eigenvalue weighted by Crippen LogP contribution is -2.40. The maximum Gasteiger partial charge on any atom is 0.355 e. The van der Waals surface area contributed by atoms with Crippen LogP contribution in [0.15, 0.2) is 71.2 Å². The molecule has 1 unspecified atom stereocenters. The van der Waals surface area contributed by atoms with E-state index in [1.165, 1.54) is 25.2 Å². The van der Waals surface area contributed by atoms with Gasteiger partial charge in [-0.1, -0.05) is 41.9 Å². The van der Waals surface area contributed by atoms with Gasteiger partial charge in [-0.25, -0.2) is 9.59 Å². The zero-order valence-corrected chi connectivity index (χ0v) is 21.8. The number of carbonyl (C=O) groups is 3. The number of allylic oxidation sites excluding steroid dienone is 1. The van der Waals surface area contributed by atoms with Crippen molar-refractivity contribution in [1.29, 1.82) is 5.26 Å². The number of amides is 1. The van der Waals surface area contributed by atoms with Crippen molar-refractivity contribution < 1.29 is 23.9 Å². The molecule has 1 atom stereocenters. The van der Waals surface area contributed by atoms with Crippen LogP contribution in [0.25, 0.3) is 0 Å². The van der Waals surface area contributed by atoms with Crippen molar-refractivity contribution in [3.05, 3.63) is 87.3 Å². The van der Waals surface area contributed by atoms with E-state index in [-0.39, 0.29) is 39.3 Å². The van der Waals surface area contributed by atoms with Crippen molar-refractivity contribution in [2.45, 2.75) is 25.2 Å². The van der Waals surface area contributed by atoms with E-state index in [1.807, 2.05) is 0 Å². The molecule has 0 aliphatic carbocycles. The molecule has 1 fully saturated rings. The van der Waals surface area contributed by atoms with E-state index in [2.05, 4.69) is 6.07 Å². The number of carbonyl (C=O) groups excluding carboxylic acids is 3. The summed E-state index contributed by atoms with van der Waals surface area (Å²) < 4.78 is 10.1. The molecule has 0 aromatic heterocycles. The fourth-order valence-electron chi connectivity index (χ4n) is 4.87. The minimum atomic E-state index is -0.977. The predicted octanol–water partition coefficient (Wildman–Crippen LogP) is 3.86. The summed E-state index contributed by atoms with van der Waals surface area (Å²) in [4.78, 5) is 42.4. The number of hydrogen-bond donors (Lipinski definition) is 1. The largest absolute Gasteiger partial charge is 0.466 e. The molecular formula is C28H27ClN4O5. The van der Waals surface area contributed by atoms with Crippen LogP contribution >= 0.6 is 11.6 Å². The van der Waals surface area contributed by atoms with Crippen LogP contribution in [0.3, 0.4) is 0 Å². The Balaban J connectivity index is 1.90. The zero-order chi connectivity index (χ0) is 27.4. The summed E-state index contributed by atoms with van der Waals surface area (Å²) in [5.41, 5.74) is 7.36. The number of esters is 2. The first kappa shape index (κ1) is 26.8. The number of piperidine rings is 1. The zero-order valence-electron chi connectivity index (χ0n) is 21.1. The summed E-state index contributed by atoms with van der Waals surface area (Å²) in [7, 11) is 2.36. The van der Waals surface area contributed by atoms with Gasteiger partial charge in [-0.05, 0) is 43.0 Å². The van der Waals surface area contributed by atoms with E-state index in [1.54, 1.807) is 47.4 Å². The van der Waals surface area contributed by atoms with Gasteiger partial charge >= 0.3 is 11.9 Å². The molecule has 2 N–H and O–H groups in total. The van der Waals surface area contributed by atoms with Crippen LogP contribution in [-0.2, 0) is 19.1 Å². The molecule has 2 aromatic rings.